The number of rotatable bonds is 8. The highest BCUT2D eigenvalue weighted by molar-refractivity contribution is 9.11. The first-order valence-electron chi connectivity index (χ1n) is 9.17. The molecule has 0 saturated carbocycles. The summed E-state index contributed by atoms with van der Waals surface area (Å²) in [6.07, 6.45) is 4.00. The molecule has 0 radical (unpaired) electrons. The molecule has 0 aliphatic carbocycles. The summed E-state index contributed by atoms with van der Waals surface area (Å²) in [7, 11) is 0. The van der Waals surface area contributed by atoms with E-state index < -0.39 is 18.5 Å². The summed E-state index contributed by atoms with van der Waals surface area (Å²) in [5, 5.41) is 22.1. The Morgan fingerprint density at radius 3 is 2.61 bits per heavy atom. The van der Waals surface area contributed by atoms with E-state index in [4.69, 9.17) is 9.84 Å². The number of aromatic nitrogens is 1. The van der Waals surface area contributed by atoms with Gasteiger partial charge in [0.25, 0.3) is 5.91 Å². The van der Waals surface area contributed by atoms with Gasteiger partial charge in [0.2, 0.25) is 0 Å². The molecule has 0 saturated heterocycles. The first kappa shape index (κ1) is 22.6. The lowest BCUT2D eigenvalue weighted by Crippen LogP contribution is -2.26. The van der Waals surface area contributed by atoms with E-state index in [2.05, 4.69) is 42.2 Å². The summed E-state index contributed by atoms with van der Waals surface area (Å²) in [5.41, 5.74) is 2.65. The van der Waals surface area contributed by atoms with E-state index in [0.717, 1.165) is 16.5 Å². The fourth-order valence-electron chi connectivity index (χ4n) is 2.99. The van der Waals surface area contributed by atoms with Crippen molar-refractivity contribution in [1.29, 1.82) is 5.26 Å². The van der Waals surface area contributed by atoms with Crippen molar-refractivity contribution in [2.45, 2.75) is 6.42 Å². The molecule has 158 valence electrons. The third-order valence-corrected chi connectivity index (χ3v) is 5.57. The molecule has 3 N–H and O–H groups in total. The van der Waals surface area contributed by atoms with Crippen LogP contribution in [0.15, 0.2) is 57.1 Å². The smallest absolute Gasteiger partial charge is 0.341 e. The van der Waals surface area contributed by atoms with Crippen LogP contribution in [0, 0.1) is 11.3 Å². The van der Waals surface area contributed by atoms with E-state index in [1.165, 1.54) is 6.08 Å². The Labute approximate surface area is 195 Å². The van der Waals surface area contributed by atoms with E-state index in [-0.39, 0.29) is 5.57 Å². The highest BCUT2D eigenvalue weighted by Gasteiger charge is 2.13. The van der Waals surface area contributed by atoms with Crippen LogP contribution in [0.1, 0.15) is 11.1 Å². The minimum atomic E-state index is -1.10. The number of benzene rings is 2. The number of carbonyl (C=O) groups is 2. The normalized spacial score (nSPS) is 11.2. The van der Waals surface area contributed by atoms with Crippen molar-refractivity contribution in [3.63, 3.8) is 0 Å². The van der Waals surface area contributed by atoms with Crippen molar-refractivity contribution in [3.8, 4) is 11.8 Å². The third kappa shape index (κ3) is 5.75. The number of hydrogen-bond donors (Lipinski definition) is 3. The summed E-state index contributed by atoms with van der Waals surface area (Å²) in [4.78, 5) is 26.4. The van der Waals surface area contributed by atoms with Gasteiger partial charge in [0, 0.05) is 23.6 Å². The number of amides is 1. The molecule has 0 unspecified atom stereocenters. The molecular weight excluding hydrogens is 530 g/mol. The Bertz CT molecular complexity index is 1190. The number of nitriles is 1. The van der Waals surface area contributed by atoms with Crippen molar-refractivity contribution < 1.29 is 19.4 Å². The van der Waals surface area contributed by atoms with E-state index in [0.29, 0.717) is 33.2 Å². The Hall–Kier alpha value is -3.09. The van der Waals surface area contributed by atoms with Gasteiger partial charge in [-0.2, -0.15) is 5.26 Å². The maximum atomic E-state index is 12.5. The number of fused-ring (bicyclic) bond motifs is 1. The predicted molar refractivity (Wildman–Crippen MR) is 124 cm³/mol. The number of halogens is 2. The average molecular weight is 547 g/mol. The molecule has 3 rings (SSSR count). The summed E-state index contributed by atoms with van der Waals surface area (Å²) in [6.45, 7) is -0.107. The highest BCUT2D eigenvalue weighted by atomic mass is 79.9. The molecule has 0 spiro atoms. The molecule has 0 fully saturated rings. The lowest BCUT2D eigenvalue weighted by molar-refractivity contribution is -0.139. The van der Waals surface area contributed by atoms with Gasteiger partial charge in [0.05, 0.1) is 8.95 Å². The van der Waals surface area contributed by atoms with Crippen LogP contribution in [0.5, 0.6) is 5.75 Å². The SMILES string of the molecule is N#C/C(=C/c1cc(Br)c(OCC(=O)O)c(Br)c1)C(=O)NCCc1c[nH]c2ccccc12. The zero-order valence-corrected chi connectivity index (χ0v) is 19.3. The molecule has 0 atom stereocenters. The van der Waals surface area contributed by atoms with Crippen LogP contribution in [0.3, 0.4) is 0 Å². The number of ether oxygens (including phenoxy) is 1. The van der Waals surface area contributed by atoms with Gasteiger partial charge in [-0.1, -0.05) is 18.2 Å². The monoisotopic (exact) mass is 545 g/mol. The van der Waals surface area contributed by atoms with Crippen molar-refractivity contribution >= 4 is 60.7 Å². The van der Waals surface area contributed by atoms with E-state index in [1.807, 2.05) is 36.5 Å². The largest absolute Gasteiger partial charge is 0.480 e. The summed E-state index contributed by atoms with van der Waals surface area (Å²) in [5.74, 6) is -1.25. The Morgan fingerprint density at radius 1 is 1.23 bits per heavy atom. The van der Waals surface area contributed by atoms with Gasteiger partial charge in [0.15, 0.2) is 6.61 Å². The minimum absolute atomic E-state index is 0.0445. The van der Waals surface area contributed by atoms with Crippen molar-refractivity contribution in [2.24, 2.45) is 0 Å². The van der Waals surface area contributed by atoms with Crippen LogP contribution < -0.4 is 10.1 Å². The minimum Gasteiger partial charge on any atom is -0.480 e. The van der Waals surface area contributed by atoms with Crippen LogP contribution >= 0.6 is 31.9 Å². The number of para-hydroxylation sites is 1. The number of carboxylic acid groups (broad SMARTS) is 1. The molecule has 1 amide bonds. The average Bonchev–Trinajstić information content (AvgIpc) is 3.14. The molecule has 0 bridgehead atoms. The fourth-order valence-corrected chi connectivity index (χ4v) is 4.45. The van der Waals surface area contributed by atoms with Gasteiger partial charge in [-0.05, 0) is 73.7 Å². The highest BCUT2D eigenvalue weighted by Crippen LogP contribution is 2.35. The van der Waals surface area contributed by atoms with Crippen LogP contribution in [0.25, 0.3) is 17.0 Å². The van der Waals surface area contributed by atoms with Crippen molar-refractivity contribution in [1.82, 2.24) is 10.3 Å². The van der Waals surface area contributed by atoms with Gasteiger partial charge >= 0.3 is 5.97 Å². The first-order chi connectivity index (χ1) is 14.9. The lowest BCUT2D eigenvalue weighted by atomic mass is 10.1. The van der Waals surface area contributed by atoms with Gasteiger partial charge in [-0.3, -0.25) is 4.79 Å². The first-order valence-corrected chi connectivity index (χ1v) is 10.8. The molecule has 1 heterocycles. The van der Waals surface area contributed by atoms with E-state index >= 15 is 0 Å². The summed E-state index contributed by atoms with van der Waals surface area (Å²) in [6, 6.07) is 13.1. The number of H-pyrrole nitrogens is 1. The maximum absolute atomic E-state index is 12.5. The number of aromatic amines is 1. The second-order valence-electron chi connectivity index (χ2n) is 6.53. The van der Waals surface area contributed by atoms with Gasteiger partial charge < -0.3 is 20.1 Å². The number of nitrogens with one attached hydrogen (secondary N) is 2. The molecule has 3 aromatic rings. The number of hydrogen-bond acceptors (Lipinski definition) is 4. The number of nitrogens with zero attached hydrogens (tertiary/aromatic N) is 1. The molecule has 7 nitrogen and oxygen atoms in total. The van der Waals surface area contributed by atoms with Crippen LogP contribution in [-0.2, 0) is 16.0 Å². The molecule has 0 aliphatic heterocycles. The molecule has 31 heavy (non-hydrogen) atoms. The standard InChI is InChI=1S/C22H17Br2N3O4/c23-17-8-13(9-18(24)21(17)31-12-20(28)29)7-15(10-25)22(30)26-6-5-14-11-27-19-4-2-1-3-16(14)19/h1-4,7-9,11,27H,5-6,12H2,(H,26,30)(H,28,29)/b15-7-. The van der Waals surface area contributed by atoms with Gasteiger partial charge in [0.1, 0.15) is 17.4 Å². The predicted octanol–water partition coefficient (Wildman–Crippen LogP) is 4.42. The quantitative estimate of drug-likeness (QED) is 0.286. The number of aliphatic carboxylic acids is 1. The van der Waals surface area contributed by atoms with Crippen LogP contribution in [0.4, 0.5) is 0 Å². The van der Waals surface area contributed by atoms with E-state index in [1.54, 1.807) is 12.1 Å². The van der Waals surface area contributed by atoms with Crippen molar-refractivity contribution in [2.75, 3.05) is 13.2 Å². The summed E-state index contributed by atoms with van der Waals surface area (Å²) >= 11 is 6.63. The van der Waals surface area contributed by atoms with Gasteiger partial charge in [-0.25, -0.2) is 4.79 Å². The van der Waals surface area contributed by atoms with Crippen LogP contribution in [0.2, 0.25) is 0 Å². The molecule has 2 aromatic carbocycles. The molecule has 1 aromatic heterocycles. The Balaban J connectivity index is 1.67. The zero-order valence-electron chi connectivity index (χ0n) is 16.1. The fraction of sp³-hybridized carbons (Fsp3) is 0.136. The molecular formula is C22H17Br2N3O4. The lowest BCUT2D eigenvalue weighted by Gasteiger charge is -2.10. The molecule has 9 heteroatoms. The Morgan fingerprint density at radius 2 is 1.94 bits per heavy atom. The van der Waals surface area contributed by atoms with E-state index in [9.17, 15) is 14.9 Å². The third-order valence-electron chi connectivity index (χ3n) is 4.39. The summed E-state index contributed by atoms with van der Waals surface area (Å²) < 4.78 is 6.21. The number of carboxylic acids is 1. The van der Waals surface area contributed by atoms with Gasteiger partial charge in [-0.15, -0.1) is 0 Å². The van der Waals surface area contributed by atoms with Crippen LogP contribution in [-0.4, -0.2) is 35.1 Å². The Kier molecular flexibility index (Phi) is 7.50. The second-order valence-corrected chi connectivity index (χ2v) is 8.24. The number of carbonyl (C=O) groups excluding carboxylic acids is 1. The zero-order chi connectivity index (χ0) is 22.4. The van der Waals surface area contributed by atoms with Crippen molar-refractivity contribution in [3.05, 3.63) is 68.2 Å². The second kappa shape index (κ2) is 10.3. The topological polar surface area (TPSA) is 115 Å². The maximum Gasteiger partial charge on any atom is 0.341 e. The molecule has 0 aliphatic rings.